The maximum Gasteiger partial charge on any atom is 0.265 e. The zero-order chi connectivity index (χ0) is 23.9. The minimum atomic E-state index is -3.76. The van der Waals surface area contributed by atoms with Crippen molar-refractivity contribution < 1.29 is 13.2 Å². The molecule has 34 heavy (non-hydrogen) atoms. The molecule has 3 aromatic rings. The van der Waals surface area contributed by atoms with E-state index >= 15 is 0 Å². The van der Waals surface area contributed by atoms with E-state index in [1.807, 2.05) is 19.1 Å². The number of rotatable bonds is 6. The second-order valence-electron chi connectivity index (χ2n) is 8.73. The predicted molar refractivity (Wildman–Crippen MR) is 138 cm³/mol. The summed E-state index contributed by atoms with van der Waals surface area (Å²) in [5.41, 5.74) is 3.89. The lowest BCUT2D eigenvalue weighted by molar-refractivity contribution is 0.0385. The number of thioether (sulfide) groups is 1. The molecule has 1 fully saturated rings. The van der Waals surface area contributed by atoms with Crippen LogP contribution in [0.25, 0.3) is 10.9 Å². The molecule has 5 rings (SSSR count). The van der Waals surface area contributed by atoms with Crippen LogP contribution in [0.1, 0.15) is 17.0 Å². The van der Waals surface area contributed by atoms with Gasteiger partial charge in [-0.2, -0.15) is 0 Å². The molecular formula is C24H29N5O3S2. The predicted octanol–water partition coefficient (Wildman–Crippen LogP) is 3.20. The number of aromatic nitrogens is 2. The molecule has 4 heterocycles. The Labute approximate surface area is 204 Å². The van der Waals surface area contributed by atoms with Gasteiger partial charge in [0, 0.05) is 43.5 Å². The third-order valence-electron chi connectivity index (χ3n) is 6.44. The van der Waals surface area contributed by atoms with E-state index < -0.39 is 10.0 Å². The molecule has 0 bridgehead atoms. The first kappa shape index (κ1) is 23.3. The van der Waals surface area contributed by atoms with Crippen molar-refractivity contribution in [1.29, 1.82) is 0 Å². The molecule has 0 saturated carbocycles. The number of nitrogens with zero attached hydrogens (tertiary/aromatic N) is 4. The van der Waals surface area contributed by atoms with Gasteiger partial charge in [0.2, 0.25) is 0 Å². The molecule has 0 aliphatic carbocycles. The number of anilines is 1. The van der Waals surface area contributed by atoms with E-state index in [2.05, 4.69) is 20.9 Å². The van der Waals surface area contributed by atoms with E-state index in [9.17, 15) is 8.42 Å². The largest absolute Gasteiger partial charge is 0.379 e. The maximum atomic E-state index is 13.4. The van der Waals surface area contributed by atoms with Crippen molar-refractivity contribution in [2.45, 2.75) is 24.0 Å². The molecule has 1 atom stereocenters. The van der Waals surface area contributed by atoms with Gasteiger partial charge >= 0.3 is 0 Å². The third kappa shape index (κ3) is 4.35. The first-order valence-corrected chi connectivity index (χ1v) is 13.7. The molecule has 2 aromatic heterocycles. The zero-order valence-corrected chi connectivity index (χ0v) is 21.2. The molecule has 0 amide bonds. The van der Waals surface area contributed by atoms with Gasteiger partial charge in [-0.3, -0.25) is 19.2 Å². The molecule has 1 N–H and O–H groups in total. The van der Waals surface area contributed by atoms with Crippen LogP contribution in [0.3, 0.4) is 0 Å². The number of hydrogen-bond acceptors (Lipinski definition) is 7. The number of benzene rings is 1. The molecule has 0 spiro atoms. The van der Waals surface area contributed by atoms with Gasteiger partial charge in [0.25, 0.3) is 10.0 Å². The fourth-order valence-electron chi connectivity index (χ4n) is 4.47. The second-order valence-corrected chi connectivity index (χ2v) is 12.0. The lowest BCUT2D eigenvalue weighted by Gasteiger charge is -2.28. The maximum absolute atomic E-state index is 13.4. The van der Waals surface area contributed by atoms with Crippen molar-refractivity contribution in [2.75, 3.05) is 50.7 Å². The molecular weight excluding hydrogens is 470 g/mol. The Bertz CT molecular complexity index is 1350. The smallest absolute Gasteiger partial charge is 0.265 e. The SMILES string of the molecule is Cc1ncccc1S(=O)(=O)N(C)c1ccc(C)c2cc(C3=NCC(CN4CCOCC4)S3)[nH]c12. The van der Waals surface area contributed by atoms with E-state index in [1.54, 1.807) is 44.1 Å². The Morgan fingerprint density at radius 1 is 1.24 bits per heavy atom. The number of nitrogens with one attached hydrogen (secondary N) is 1. The van der Waals surface area contributed by atoms with Gasteiger partial charge in [-0.1, -0.05) is 17.8 Å². The summed E-state index contributed by atoms with van der Waals surface area (Å²) in [6.07, 6.45) is 1.60. The summed E-state index contributed by atoms with van der Waals surface area (Å²) < 4.78 is 33.6. The van der Waals surface area contributed by atoms with Crippen LogP contribution in [-0.2, 0) is 14.8 Å². The number of aryl methyl sites for hydroxylation is 2. The van der Waals surface area contributed by atoms with Crippen LogP contribution in [0.2, 0.25) is 0 Å². The van der Waals surface area contributed by atoms with Gasteiger partial charge in [0.15, 0.2) is 0 Å². The van der Waals surface area contributed by atoms with Crippen LogP contribution >= 0.6 is 11.8 Å². The molecule has 180 valence electrons. The van der Waals surface area contributed by atoms with Crippen molar-refractivity contribution in [2.24, 2.45) is 4.99 Å². The molecule has 1 unspecified atom stereocenters. The number of sulfonamides is 1. The average molecular weight is 500 g/mol. The Hall–Kier alpha value is -2.40. The average Bonchev–Trinajstić information content (AvgIpc) is 3.48. The minimum Gasteiger partial charge on any atom is -0.379 e. The number of aliphatic imine (C=N–C) groups is 1. The van der Waals surface area contributed by atoms with Crippen molar-refractivity contribution in [3.05, 3.63) is 53.5 Å². The minimum absolute atomic E-state index is 0.208. The standard InChI is InChI=1S/C24H29N5O3S2/c1-16-6-7-21(28(3)34(30,31)22-5-4-8-25-17(22)2)23-19(16)13-20(27-23)24-26-14-18(33-24)15-29-9-11-32-12-10-29/h4-8,13,18,27H,9-12,14-15H2,1-3H3. The quantitative estimate of drug-likeness (QED) is 0.560. The molecule has 1 aromatic carbocycles. The lowest BCUT2D eigenvalue weighted by Crippen LogP contribution is -2.40. The topological polar surface area (TPSA) is 90.9 Å². The van der Waals surface area contributed by atoms with Crippen molar-refractivity contribution in [1.82, 2.24) is 14.9 Å². The lowest BCUT2D eigenvalue weighted by atomic mass is 10.1. The highest BCUT2D eigenvalue weighted by Crippen LogP contribution is 2.35. The van der Waals surface area contributed by atoms with E-state index in [1.165, 1.54) is 4.31 Å². The first-order chi connectivity index (χ1) is 16.3. The molecule has 8 nitrogen and oxygen atoms in total. The van der Waals surface area contributed by atoms with Crippen molar-refractivity contribution in [3.8, 4) is 0 Å². The first-order valence-electron chi connectivity index (χ1n) is 11.4. The fraction of sp³-hybridized carbons (Fsp3) is 0.417. The summed E-state index contributed by atoms with van der Waals surface area (Å²) in [6, 6.07) is 9.15. The highest BCUT2D eigenvalue weighted by Gasteiger charge is 2.28. The van der Waals surface area contributed by atoms with E-state index in [-0.39, 0.29) is 4.90 Å². The summed E-state index contributed by atoms with van der Waals surface area (Å²) in [7, 11) is -2.17. The van der Waals surface area contributed by atoms with Gasteiger partial charge in [-0.25, -0.2) is 8.42 Å². The van der Waals surface area contributed by atoms with Crippen LogP contribution in [0.15, 0.2) is 46.4 Å². The second kappa shape index (κ2) is 9.33. The summed E-state index contributed by atoms with van der Waals surface area (Å²) in [4.78, 5) is 15.1. The molecule has 2 aliphatic rings. The van der Waals surface area contributed by atoms with Gasteiger partial charge < -0.3 is 9.72 Å². The molecule has 1 saturated heterocycles. The van der Waals surface area contributed by atoms with E-state index in [0.29, 0.717) is 16.6 Å². The Balaban J connectivity index is 1.43. The van der Waals surface area contributed by atoms with Gasteiger partial charge in [-0.05, 0) is 43.7 Å². The van der Waals surface area contributed by atoms with Crippen molar-refractivity contribution in [3.63, 3.8) is 0 Å². The highest BCUT2D eigenvalue weighted by atomic mass is 32.2. The van der Waals surface area contributed by atoms with Crippen LogP contribution < -0.4 is 4.31 Å². The van der Waals surface area contributed by atoms with Gasteiger partial charge in [-0.15, -0.1) is 0 Å². The summed E-state index contributed by atoms with van der Waals surface area (Å²) >= 11 is 1.79. The number of aromatic amines is 1. The summed E-state index contributed by atoms with van der Waals surface area (Å²) in [5, 5.41) is 2.39. The van der Waals surface area contributed by atoms with Crippen LogP contribution in [-0.4, -0.2) is 80.0 Å². The zero-order valence-electron chi connectivity index (χ0n) is 19.6. The normalized spacial score (nSPS) is 19.5. The highest BCUT2D eigenvalue weighted by molar-refractivity contribution is 8.15. The van der Waals surface area contributed by atoms with E-state index in [4.69, 9.17) is 9.73 Å². The molecule has 10 heteroatoms. The fourth-order valence-corrected chi connectivity index (χ4v) is 6.99. The molecule has 2 aliphatic heterocycles. The van der Waals surface area contributed by atoms with Gasteiger partial charge in [0.05, 0.1) is 42.4 Å². The van der Waals surface area contributed by atoms with Crippen LogP contribution in [0.5, 0.6) is 0 Å². The Morgan fingerprint density at radius 3 is 2.79 bits per heavy atom. The number of H-pyrrole nitrogens is 1. The monoisotopic (exact) mass is 499 g/mol. The van der Waals surface area contributed by atoms with Gasteiger partial charge in [0.1, 0.15) is 9.94 Å². The number of hydrogen-bond donors (Lipinski definition) is 1. The van der Waals surface area contributed by atoms with Crippen LogP contribution in [0, 0.1) is 13.8 Å². The van der Waals surface area contributed by atoms with E-state index in [0.717, 1.165) is 66.6 Å². The summed E-state index contributed by atoms with van der Waals surface area (Å²) in [6.45, 7) is 9.06. The van der Waals surface area contributed by atoms with Crippen LogP contribution in [0.4, 0.5) is 5.69 Å². The number of pyridine rings is 1. The Morgan fingerprint density at radius 2 is 2.03 bits per heavy atom. The third-order valence-corrected chi connectivity index (χ3v) is 9.55. The summed E-state index contributed by atoms with van der Waals surface area (Å²) in [5.74, 6) is 0. The number of morpholine rings is 1. The number of ether oxygens (including phenoxy) is 1. The number of fused-ring (bicyclic) bond motifs is 1. The molecule has 0 radical (unpaired) electrons. The van der Waals surface area contributed by atoms with Crippen molar-refractivity contribution >= 4 is 43.4 Å². The Kier molecular flexibility index (Phi) is 6.41.